The summed E-state index contributed by atoms with van der Waals surface area (Å²) in [6, 6.07) is 4.99. The van der Waals surface area contributed by atoms with Gasteiger partial charge in [-0.25, -0.2) is 4.79 Å². The molecule has 0 saturated heterocycles. The molecule has 170 valence electrons. The highest BCUT2D eigenvalue weighted by Crippen LogP contribution is 2.05. The fourth-order valence-corrected chi connectivity index (χ4v) is 2.84. The SMILES string of the molecule is NCC(=O)NC(CCC(=O)O)C(=O)NC(CS)C(=O)NC(Cc1ccccc1)C(=O)O. The summed E-state index contributed by atoms with van der Waals surface area (Å²) in [5.41, 5.74) is 5.90. The average molecular weight is 455 g/mol. The van der Waals surface area contributed by atoms with Crippen LogP contribution in [0.3, 0.4) is 0 Å². The minimum Gasteiger partial charge on any atom is -0.481 e. The summed E-state index contributed by atoms with van der Waals surface area (Å²) in [5.74, 6) is -4.86. The van der Waals surface area contributed by atoms with Gasteiger partial charge in [0.15, 0.2) is 0 Å². The van der Waals surface area contributed by atoms with Crippen molar-refractivity contribution >= 4 is 42.3 Å². The molecule has 0 aliphatic heterocycles. The quantitative estimate of drug-likeness (QED) is 0.176. The van der Waals surface area contributed by atoms with Gasteiger partial charge in [0.1, 0.15) is 18.1 Å². The number of amides is 3. The van der Waals surface area contributed by atoms with Crippen molar-refractivity contribution in [2.24, 2.45) is 5.73 Å². The smallest absolute Gasteiger partial charge is 0.326 e. The number of nitrogens with one attached hydrogen (secondary N) is 3. The Bertz CT molecular complexity index is 791. The van der Waals surface area contributed by atoms with Gasteiger partial charge in [0.2, 0.25) is 17.7 Å². The third-order valence-electron chi connectivity index (χ3n) is 4.20. The zero-order valence-electron chi connectivity index (χ0n) is 16.6. The molecule has 11 nitrogen and oxygen atoms in total. The fourth-order valence-electron chi connectivity index (χ4n) is 2.58. The molecule has 1 aromatic rings. The van der Waals surface area contributed by atoms with Gasteiger partial charge in [-0.1, -0.05) is 30.3 Å². The monoisotopic (exact) mass is 454 g/mol. The second-order valence-corrected chi connectivity index (χ2v) is 6.95. The van der Waals surface area contributed by atoms with E-state index in [1.165, 1.54) is 0 Å². The minimum absolute atomic E-state index is 0.0307. The Kier molecular flexibility index (Phi) is 11.1. The molecule has 0 bridgehead atoms. The lowest BCUT2D eigenvalue weighted by Gasteiger charge is -2.23. The van der Waals surface area contributed by atoms with Crippen LogP contribution in [0, 0.1) is 0 Å². The number of carbonyl (C=O) groups is 5. The maximum atomic E-state index is 12.5. The van der Waals surface area contributed by atoms with E-state index in [1.54, 1.807) is 30.3 Å². The number of benzene rings is 1. The van der Waals surface area contributed by atoms with Crippen LogP contribution in [0.15, 0.2) is 30.3 Å². The van der Waals surface area contributed by atoms with Crippen molar-refractivity contribution in [3.05, 3.63) is 35.9 Å². The van der Waals surface area contributed by atoms with E-state index >= 15 is 0 Å². The van der Waals surface area contributed by atoms with E-state index in [0.717, 1.165) is 0 Å². The van der Waals surface area contributed by atoms with Gasteiger partial charge in [-0.15, -0.1) is 0 Å². The Morgan fingerprint density at radius 1 is 0.903 bits per heavy atom. The van der Waals surface area contributed by atoms with Gasteiger partial charge in [-0.05, 0) is 12.0 Å². The van der Waals surface area contributed by atoms with Crippen LogP contribution in [0.1, 0.15) is 18.4 Å². The lowest BCUT2D eigenvalue weighted by Crippen LogP contribution is -2.57. The summed E-state index contributed by atoms with van der Waals surface area (Å²) in [5, 5.41) is 25.3. The van der Waals surface area contributed by atoms with Crippen molar-refractivity contribution < 1.29 is 34.2 Å². The largest absolute Gasteiger partial charge is 0.481 e. The van der Waals surface area contributed by atoms with Crippen molar-refractivity contribution in [3.63, 3.8) is 0 Å². The molecule has 3 amide bonds. The van der Waals surface area contributed by atoms with Crippen LogP contribution < -0.4 is 21.7 Å². The van der Waals surface area contributed by atoms with Gasteiger partial charge < -0.3 is 31.9 Å². The average Bonchev–Trinajstić information content (AvgIpc) is 2.74. The Morgan fingerprint density at radius 2 is 1.48 bits per heavy atom. The first-order valence-electron chi connectivity index (χ1n) is 9.37. The standard InChI is InChI=1S/C19H26N4O7S/c20-9-15(24)21-12(6-7-16(25)26)17(27)23-14(10-31)18(28)22-13(19(29)30)8-11-4-2-1-3-5-11/h1-5,12-14,31H,6-10,20H2,(H,21,24)(H,22,28)(H,23,27)(H,25,26)(H,29,30). The van der Waals surface area contributed by atoms with Gasteiger partial charge in [0.05, 0.1) is 6.54 Å². The molecule has 0 fully saturated rings. The molecule has 0 aliphatic carbocycles. The van der Waals surface area contributed by atoms with Crippen molar-refractivity contribution in [2.75, 3.05) is 12.3 Å². The Morgan fingerprint density at radius 3 is 2.00 bits per heavy atom. The number of aliphatic carboxylic acids is 2. The molecular weight excluding hydrogens is 428 g/mol. The molecule has 31 heavy (non-hydrogen) atoms. The van der Waals surface area contributed by atoms with Gasteiger partial charge in [-0.3, -0.25) is 19.2 Å². The van der Waals surface area contributed by atoms with Crippen LogP contribution in [0.2, 0.25) is 0 Å². The number of carboxylic acids is 2. The van der Waals surface area contributed by atoms with E-state index < -0.39 is 60.8 Å². The number of carboxylic acid groups (broad SMARTS) is 2. The van der Waals surface area contributed by atoms with E-state index in [9.17, 15) is 29.1 Å². The van der Waals surface area contributed by atoms with E-state index in [-0.39, 0.29) is 18.6 Å². The first-order chi connectivity index (χ1) is 14.7. The normalized spacial score (nSPS) is 13.4. The van der Waals surface area contributed by atoms with Crippen LogP contribution in [-0.2, 0) is 30.4 Å². The number of nitrogens with two attached hydrogens (primary N) is 1. The highest BCUT2D eigenvalue weighted by atomic mass is 32.1. The molecule has 0 spiro atoms. The molecular formula is C19H26N4O7S. The van der Waals surface area contributed by atoms with E-state index in [4.69, 9.17) is 10.8 Å². The van der Waals surface area contributed by atoms with Gasteiger partial charge in [0, 0.05) is 18.6 Å². The topological polar surface area (TPSA) is 188 Å². The van der Waals surface area contributed by atoms with Crippen molar-refractivity contribution in [3.8, 4) is 0 Å². The first-order valence-corrected chi connectivity index (χ1v) is 10.0. The summed E-state index contributed by atoms with van der Waals surface area (Å²) >= 11 is 4.02. The summed E-state index contributed by atoms with van der Waals surface area (Å²) in [6.45, 7) is -0.410. The molecule has 0 heterocycles. The van der Waals surface area contributed by atoms with Gasteiger partial charge in [0.25, 0.3) is 0 Å². The Hall–Kier alpha value is -3.12. The van der Waals surface area contributed by atoms with Crippen LogP contribution in [-0.4, -0.2) is 70.3 Å². The first kappa shape index (κ1) is 25.9. The van der Waals surface area contributed by atoms with Crippen LogP contribution in [0.5, 0.6) is 0 Å². The molecule has 0 aliphatic rings. The van der Waals surface area contributed by atoms with Crippen molar-refractivity contribution in [1.82, 2.24) is 16.0 Å². The molecule has 1 rings (SSSR count). The zero-order valence-corrected chi connectivity index (χ0v) is 17.5. The maximum absolute atomic E-state index is 12.5. The predicted octanol–water partition coefficient (Wildman–Crippen LogP) is -1.48. The van der Waals surface area contributed by atoms with Crippen LogP contribution >= 0.6 is 12.6 Å². The lowest BCUT2D eigenvalue weighted by atomic mass is 10.1. The molecule has 0 radical (unpaired) electrons. The van der Waals surface area contributed by atoms with Crippen LogP contribution in [0.25, 0.3) is 0 Å². The minimum atomic E-state index is -1.25. The van der Waals surface area contributed by atoms with E-state index in [2.05, 4.69) is 28.6 Å². The summed E-state index contributed by atoms with van der Waals surface area (Å²) in [6.07, 6.45) is -0.596. The molecule has 7 N–H and O–H groups in total. The molecule has 1 aromatic carbocycles. The van der Waals surface area contributed by atoms with E-state index in [0.29, 0.717) is 5.56 Å². The molecule has 3 atom stereocenters. The van der Waals surface area contributed by atoms with Gasteiger partial charge >= 0.3 is 11.9 Å². The lowest BCUT2D eigenvalue weighted by molar-refractivity contribution is -0.142. The molecule has 12 heteroatoms. The van der Waals surface area contributed by atoms with Gasteiger partial charge in [-0.2, -0.15) is 12.6 Å². The second kappa shape index (κ2) is 13.2. The predicted molar refractivity (Wildman–Crippen MR) is 113 cm³/mol. The van der Waals surface area contributed by atoms with E-state index in [1.807, 2.05) is 0 Å². The maximum Gasteiger partial charge on any atom is 0.326 e. The third-order valence-corrected chi connectivity index (χ3v) is 4.56. The summed E-state index contributed by atoms with van der Waals surface area (Å²) in [7, 11) is 0. The fraction of sp³-hybridized carbons (Fsp3) is 0.421. The van der Waals surface area contributed by atoms with Crippen LogP contribution in [0.4, 0.5) is 0 Å². The molecule has 3 unspecified atom stereocenters. The Balaban J connectivity index is 2.82. The highest BCUT2D eigenvalue weighted by molar-refractivity contribution is 7.80. The molecule has 0 saturated carbocycles. The number of thiol groups is 1. The summed E-state index contributed by atoms with van der Waals surface area (Å²) < 4.78 is 0. The highest BCUT2D eigenvalue weighted by Gasteiger charge is 2.29. The molecule has 0 aromatic heterocycles. The Labute approximate surface area is 184 Å². The van der Waals surface area contributed by atoms with Crippen molar-refractivity contribution in [2.45, 2.75) is 37.4 Å². The second-order valence-electron chi connectivity index (χ2n) is 6.59. The number of hydrogen-bond acceptors (Lipinski definition) is 7. The summed E-state index contributed by atoms with van der Waals surface area (Å²) in [4.78, 5) is 58.9. The third kappa shape index (κ3) is 9.49. The van der Waals surface area contributed by atoms with Crippen molar-refractivity contribution in [1.29, 1.82) is 0 Å². The number of rotatable bonds is 13. The number of carbonyl (C=O) groups excluding carboxylic acids is 3. The number of hydrogen-bond donors (Lipinski definition) is 7. The zero-order chi connectivity index (χ0) is 23.4.